The number of imidazole rings is 1. The van der Waals surface area contributed by atoms with Crippen molar-refractivity contribution in [2.24, 2.45) is 0 Å². The van der Waals surface area contributed by atoms with Gasteiger partial charge < -0.3 is 26.5 Å². The zero-order valence-electron chi connectivity index (χ0n) is 14.5. The van der Waals surface area contributed by atoms with E-state index in [4.69, 9.17) is 21.1 Å². The van der Waals surface area contributed by atoms with Crippen molar-refractivity contribution >= 4 is 22.6 Å². The summed E-state index contributed by atoms with van der Waals surface area (Å²) in [6.45, 7) is 3.21. The summed E-state index contributed by atoms with van der Waals surface area (Å²) in [4.78, 5) is 0. The number of fused-ring (bicyclic) bond motifs is 1. The van der Waals surface area contributed by atoms with Crippen LogP contribution in [0.15, 0.2) is 54.9 Å². The van der Waals surface area contributed by atoms with Crippen LogP contribution in [0.3, 0.4) is 0 Å². The molecule has 0 radical (unpaired) electrons. The first-order valence-electron chi connectivity index (χ1n) is 8.75. The Kier molecular flexibility index (Phi) is 6.70. The van der Waals surface area contributed by atoms with Gasteiger partial charge in [0.2, 0.25) is 6.33 Å². The van der Waals surface area contributed by atoms with Gasteiger partial charge >= 0.3 is 0 Å². The van der Waals surface area contributed by atoms with Crippen LogP contribution in [0.1, 0.15) is 18.4 Å². The molecule has 1 aliphatic heterocycles. The average Bonchev–Trinajstić information content (AvgIpc) is 3.01. The molecule has 0 N–H and O–H groups in total. The van der Waals surface area contributed by atoms with E-state index >= 15 is 0 Å². The van der Waals surface area contributed by atoms with Gasteiger partial charge in [-0.3, -0.25) is 0 Å². The largest absolute Gasteiger partial charge is 1.00 e. The topological polar surface area (TPSA) is 27.3 Å². The van der Waals surface area contributed by atoms with Crippen molar-refractivity contribution in [3.05, 3.63) is 65.4 Å². The Balaban J connectivity index is 0.00000196. The summed E-state index contributed by atoms with van der Waals surface area (Å²) in [6, 6.07) is 16.5. The summed E-state index contributed by atoms with van der Waals surface area (Å²) in [5.74, 6) is 0. The highest BCUT2D eigenvalue weighted by molar-refractivity contribution is 6.31. The molecular formula is C20H22BrClN2O2. The molecule has 1 saturated heterocycles. The molecular weight excluding hydrogens is 416 g/mol. The van der Waals surface area contributed by atoms with Crippen LogP contribution < -0.4 is 21.5 Å². The maximum absolute atomic E-state index is 6.34. The van der Waals surface area contributed by atoms with Gasteiger partial charge in [-0.1, -0.05) is 41.9 Å². The van der Waals surface area contributed by atoms with E-state index in [9.17, 15) is 0 Å². The van der Waals surface area contributed by atoms with Gasteiger partial charge in [-0.05, 0) is 24.6 Å². The van der Waals surface area contributed by atoms with Crippen LogP contribution >= 0.6 is 11.6 Å². The molecule has 0 aliphatic carbocycles. The maximum Gasteiger partial charge on any atom is 0.245 e. The first kappa shape index (κ1) is 19.4. The van der Waals surface area contributed by atoms with Crippen LogP contribution in [0.5, 0.6) is 0 Å². The molecule has 0 bridgehead atoms. The van der Waals surface area contributed by atoms with Crippen molar-refractivity contribution in [2.75, 3.05) is 13.2 Å². The molecule has 2 aromatic carbocycles. The molecule has 0 atom stereocenters. The minimum atomic E-state index is -0.0908. The highest BCUT2D eigenvalue weighted by atomic mass is 79.9. The lowest BCUT2D eigenvalue weighted by Crippen LogP contribution is -3.00. The van der Waals surface area contributed by atoms with Gasteiger partial charge in [-0.25, -0.2) is 9.13 Å². The molecule has 3 aromatic rings. The van der Waals surface area contributed by atoms with E-state index in [1.807, 2.05) is 18.2 Å². The van der Waals surface area contributed by atoms with Crippen LogP contribution in [0.25, 0.3) is 11.0 Å². The van der Waals surface area contributed by atoms with Crippen LogP contribution in [0, 0.1) is 0 Å². The lowest BCUT2D eigenvalue weighted by atomic mass is 10.2. The Morgan fingerprint density at radius 2 is 1.77 bits per heavy atom. The molecule has 4 nitrogen and oxygen atoms in total. The van der Waals surface area contributed by atoms with Gasteiger partial charge in [-0.2, -0.15) is 0 Å². The fraction of sp³-hybridized carbons (Fsp3) is 0.350. The Morgan fingerprint density at radius 1 is 1.04 bits per heavy atom. The molecule has 1 fully saturated rings. The standard InChI is InChI=1S/C20H22ClN2O2.BrH/c21-17-7-2-1-6-16(17)14-23-15-22(18-8-3-4-9-19(18)23)11-10-20-24-12-5-13-25-20;/h1-4,6-9,15,20H,5,10-14H2;1H/q+1;/p-1. The SMILES string of the molecule is Clc1ccccc1C[n+]1cn(CCC2OCCCO2)c2ccccc21.[Br-]. The second kappa shape index (κ2) is 9.00. The van der Waals surface area contributed by atoms with E-state index in [1.165, 1.54) is 11.0 Å². The summed E-state index contributed by atoms with van der Waals surface area (Å²) < 4.78 is 15.9. The van der Waals surface area contributed by atoms with Crippen molar-refractivity contribution < 1.29 is 31.0 Å². The number of halogens is 2. The molecule has 0 unspecified atom stereocenters. The van der Waals surface area contributed by atoms with Gasteiger partial charge in [0, 0.05) is 17.0 Å². The van der Waals surface area contributed by atoms with Crippen LogP contribution in [-0.2, 0) is 22.6 Å². The lowest BCUT2D eigenvalue weighted by molar-refractivity contribution is -0.663. The number of aryl methyl sites for hydroxylation is 1. The molecule has 1 aliphatic rings. The number of rotatable bonds is 5. The van der Waals surface area contributed by atoms with E-state index < -0.39 is 0 Å². The highest BCUT2D eigenvalue weighted by Gasteiger charge is 2.19. The lowest BCUT2D eigenvalue weighted by Gasteiger charge is -2.22. The number of nitrogens with zero attached hydrogens (tertiary/aromatic N) is 2. The molecule has 138 valence electrons. The molecule has 4 rings (SSSR count). The van der Waals surface area contributed by atoms with Crippen molar-refractivity contribution in [3.63, 3.8) is 0 Å². The Hall–Kier alpha value is -1.40. The van der Waals surface area contributed by atoms with Crippen molar-refractivity contribution in [1.82, 2.24) is 4.57 Å². The van der Waals surface area contributed by atoms with E-state index in [0.29, 0.717) is 0 Å². The number of benzene rings is 2. The van der Waals surface area contributed by atoms with Gasteiger partial charge in [0.05, 0.1) is 19.8 Å². The minimum Gasteiger partial charge on any atom is -1.00 e. The smallest absolute Gasteiger partial charge is 0.245 e. The quantitative estimate of drug-likeness (QED) is 0.552. The van der Waals surface area contributed by atoms with E-state index in [0.717, 1.165) is 49.7 Å². The number of hydrogen-bond donors (Lipinski definition) is 0. The summed E-state index contributed by atoms with van der Waals surface area (Å²) in [5, 5.41) is 0.802. The summed E-state index contributed by atoms with van der Waals surface area (Å²) in [6.07, 6.45) is 3.91. The minimum absolute atomic E-state index is 0. The molecule has 0 amide bonds. The predicted octanol–water partition coefficient (Wildman–Crippen LogP) is 0.788. The second-order valence-electron chi connectivity index (χ2n) is 6.33. The summed E-state index contributed by atoms with van der Waals surface area (Å²) >= 11 is 6.34. The van der Waals surface area contributed by atoms with Crippen LogP contribution in [-0.4, -0.2) is 24.1 Å². The first-order valence-corrected chi connectivity index (χ1v) is 9.13. The fourth-order valence-electron chi connectivity index (χ4n) is 3.30. The fourth-order valence-corrected chi connectivity index (χ4v) is 3.50. The number of para-hydroxylation sites is 2. The summed E-state index contributed by atoms with van der Waals surface area (Å²) in [7, 11) is 0. The van der Waals surface area contributed by atoms with Gasteiger partial charge in [0.15, 0.2) is 17.3 Å². The number of aromatic nitrogens is 2. The van der Waals surface area contributed by atoms with Gasteiger partial charge in [-0.15, -0.1) is 0 Å². The van der Waals surface area contributed by atoms with E-state index in [-0.39, 0.29) is 23.3 Å². The van der Waals surface area contributed by atoms with Crippen LogP contribution in [0.4, 0.5) is 0 Å². The molecule has 2 heterocycles. The van der Waals surface area contributed by atoms with E-state index in [2.05, 4.69) is 45.8 Å². The normalized spacial score (nSPS) is 15.1. The van der Waals surface area contributed by atoms with Gasteiger partial charge in [0.1, 0.15) is 6.54 Å². The Morgan fingerprint density at radius 3 is 2.58 bits per heavy atom. The number of ether oxygens (including phenoxy) is 2. The third-order valence-corrected chi connectivity index (χ3v) is 4.95. The van der Waals surface area contributed by atoms with E-state index in [1.54, 1.807) is 0 Å². The third-order valence-electron chi connectivity index (χ3n) is 4.58. The monoisotopic (exact) mass is 436 g/mol. The Bertz CT molecular complexity index is 862. The maximum atomic E-state index is 6.34. The molecule has 0 spiro atoms. The van der Waals surface area contributed by atoms with Gasteiger partial charge in [0.25, 0.3) is 0 Å². The zero-order chi connectivity index (χ0) is 17.1. The molecule has 1 aromatic heterocycles. The number of hydrogen-bond acceptors (Lipinski definition) is 2. The third kappa shape index (κ3) is 4.29. The molecule has 0 saturated carbocycles. The first-order chi connectivity index (χ1) is 12.3. The predicted molar refractivity (Wildman–Crippen MR) is 97.6 cm³/mol. The highest BCUT2D eigenvalue weighted by Crippen LogP contribution is 2.18. The summed E-state index contributed by atoms with van der Waals surface area (Å²) in [5.41, 5.74) is 3.54. The average molecular weight is 438 g/mol. The second-order valence-corrected chi connectivity index (χ2v) is 6.74. The Labute approximate surface area is 169 Å². The van der Waals surface area contributed by atoms with Crippen molar-refractivity contribution in [1.29, 1.82) is 0 Å². The zero-order valence-corrected chi connectivity index (χ0v) is 16.8. The van der Waals surface area contributed by atoms with Crippen molar-refractivity contribution in [3.8, 4) is 0 Å². The molecule has 6 heteroatoms. The molecule has 26 heavy (non-hydrogen) atoms. The van der Waals surface area contributed by atoms with Crippen molar-refractivity contribution in [2.45, 2.75) is 32.2 Å². The van der Waals surface area contributed by atoms with Crippen LogP contribution in [0.2, 0.25) is 5.02 Å².